The van der Waals surface area contributed by atoms with Crippen molar-refractivity contribution in [3.05, 3.63) is 29.8 Å². The van der Waals surface area contributed by atoms with Crippen LogP contribution in [-0.4, -0.2) is 28.8 Å². The fourth-order valence-corrected chi connectivity index (χ4v) is 2.31. The van der Waals surface area contributed by atoms with E-state index in [1.165, 1.54) is 5.56 Å². The largest absolute Gasteiger partial charge is 0.491 e. The molecular weight excluding hydrogens is 254 g/mol. The van der Waals surface area contributed by atoms with Crippen LogP contribution in [0.1, 0.15) is 39.7 Å². The standard InChI is InChI=1S/C16H25NO3/c1-11(2)17-16(5,15(18)19)10-13(4)20-14-8-6-12(3)7-9-14/h6-9,11,13,17H,10H2,1-5H3,(H,18,19). The zero-order valence-corrected chi connectivity index (χ0v) is 12.9. The van der Waals surface area contributed by atoms with Gasteiger partial charge in [-0.3, -0.25) is 10.1 Å². The van der Waals surface area contributed by atoms with E-state index in [0.29, 0.717) is 6.42 Å². The normalized spacial score (nSPS) is 15.7. The number of ether oxygens (including phenoxy) is 1. The molecule has 112 valence electrons. The molecule has 2 N–H and O–H groups in total. The van der Waals surface area contributed by atoms with Crippen molar-refractivity contribution >= 4 is 5.97 Å². The van der Waals surface area contributed by atoms with Gasteiger partial charge in [0.1, 0.15) is 11.3 Å². The van der Waals surface area contributed by atoms with Crippen molar-refractivity contribution in [2.45, 2.75) is 58.7 Å². The zero-order valence-electron chi connectivity index (χ0n) is 12.9. The summed E-state index contributed by atoms with van der Waals surface area (Å²) in [6, 6.07) is 7.86. The van der Waals surface area contributed by atoms with Crippen molar-refractivity contribution in [1.82, 2.24) is 5.32 Å². The van der Waals surface area contributed by atoms with E-state index in [-0.39, 0.29) is 12.1 Å². The summed E-state index contributed by atoms with van der Waals surface area (Å²) in [4.78, 5) is 11.5. The van der Waals surface area contributed by atoms with E-state index in [0.717, 1.165) is 5.75 Å². The monoisotopic (exact) mass is 279 g/mol. The highest BCUT2D eigenvalue weighted by Crippen LogP contribution is 2.20. The molecule has 0 aliphatic rings. The summed E-state index contributed by atoms with van der Waals surface area (Å²) in [5, 5.41) is 12.5. The summed E-state index contributed by atoms with van der Waals surface area (Å²) in [6.07, 6.45) is 0.207. The summed E-state index contributed by atoms with van der Waals surface area (Å²) in [7, 11) is 0. The number of aryl methyl sites for hydroxylation is 1. The number of hydrogen-bond donors (Lipinski definition) is 2. The maximum absolute atomic E-state index is 11.5. The van der Waals surface area contributed by atoms with E-state index < -0.39 is 11.5 Å². The van der Waals surface area contributed by atoms with Gasteiger partial charge < -0.3 is 9.84 Å². The Bertz CT molecular complexity index is 442. The Morgan fingerprint density at radius 2 is 1.85 bits per heavy atom. The third kappa shape index (κ3) is 4.85. The van der Waals surface area contributed by atoms with Gasteiger partial charge in [0.05, 0.1) is 6.10 Å². The number of carboxylic acid groups (broad SMARTS) is 1. The highest BCUT2D eigenvalue weighted by atomic mass is 16.5. The van der Waals surface area contributed by atoms with Crippen LogP contribution in [0.15, 0.2) is 24.3 Å². The van der Waals surface area contributed by atoms with Crippen LogP contribution in [0.3, 0.4) is 0 Å². The Hall–Kier alpha value is -1.55. The van der Waals surface area contributed by atoms with E-state index in [4.69, 9.17) is 4.74 Å². The van der Waals surface area contributed by atoms with E-state index in [9.17, 15) is 9.90 Å². The Labute approximate surface area is 121 Å². The maximum Gasteiger partial charge on any atom is 0.323 e. The Balaban J connectivity index is 2.69. The lowest BCUT2D eigenvalue weighted by Gasteiger charge is -2.31. The van der Waals surface area contributed by atoms with Gasteiger partial charge in [0, 0.05) is 12.5 Å². The molecule has 1 aromatic carbocycles. The number of aliphatic carboxylic acids is 1. The van der Waals surface area contributed by atoms with Gasteiger partial charge in [-0.15, -0.1) is 0 Å². The lowest BCUT2D eigenvalue weighted by atomic mass is 9.94. The van der Waals surface area contributed by atoms with Gasteiger partial charge in [-0.05, 0) is 46.8 Å². The topological polar surface area (TPSA) is 58.6 Å². The lowest BCUT2D eigenvalue weighted by molar-refractivity contribution is -0.145. The number of hydrogen-bond acceptors (Lipinski definition) is 3. The molecule has 0 saturated carbocycles. The quantitative estimate of drug-likeness (QED) is 0.805. The first-order valence-electron chi connectivity index (χ1n) is 6.97. The van der Waals surface area contributed by atoms with Crippen LogP contribution in [0.5, 0.6) is 5.75 Å². The van der Waals surface area contributed by atoms with Gasteiger partial charge >= 0.3 is 5.97 Å². The molecule has 0 bridgehead atoms. The number of benzene rings is 1. The van der Waals surface area contributed by atoms with Gasteiger partial charge in [0.25, 0.3) is 0 Å². The van der Waals surface area contributed by atoms with Crippen molar-refractivity contribution in [1.29, 1.82) is 0 Å². The predicted molar refractivity (Wildman–Crippen MR) is 80.2 cm³/mol. The molecule has 2 unspecified atom stereocenters. The van der Waals surface area contributed by atoms with Crippen molar-refractivity contribution in [3.8, 4) is 5.75 Å². The summed E-state index contributed by atoms with van der Waals surface area (Å²) in [5.41, 5.74) is 0.181. The molecule has 1 rings (SSSR count). The second kappa shape index (κ2) is 6.75. The fraction of sp³-hybridized carbons (Fsp3) is 0.562. The summed E-state index contributed by atoms with van der Waals surface area (Å²) in [6.45, 7) is 9.48. The minimum atomic E-state index is -0.988. The molecule has 1 aromatic rings. The zero-order chi connectivity index (χ0) is 15.3. The third-order valence-corrected chi connectivity index (χ3v) is 3.13. The molecule has 0 aliphatic carbocycles. The van der Waals surface area contributed by atoms with Crippen LogP contribution in [0.2, 0.25) is 0 Å². The Morgan fingerprint density at radius 3 is 2.30 bits per heavy atom. The highest BCUT2D eigenvalue weighted by molar-refractivity contribution is 5.78. The molecule has 20 heavy (non-hydrogen) atoms. The molecule has 0 fully saturated rings. The highest BCUT2D eigenvalue weighted by Gasteiger charge is 2.35. The summed E-state index contributed by atoms with van der Waals surface area (Å²) >= 11 is 0. The van der Waals surface area contributed by atoms with Gasteiger partial charge in [0.2, 0.25) is 0 Å². The second-order valence-electron chi connectivity index (χ2n) is 5.88. The maximum atomic E-state index is 11.5. The molecule has 0 spiro atoms. The Morgan fingerprint density at radius 1 is 1.30 bits per heavy atom. The molecule has 0 radical (unpaired) electrons. The van der Waals surface area contributed by atoms with Crippen LogP contribution in [-0.2, 0) is 4.79 Å². The second-order valence-corrected chi connectivity index (χ2v) is 5.88. The molecule has 0 aromatic heterocycles. The van der Waals surface area contributed by atoms with Crippen LogP contribution >= 0.6 is 0 Å². The lowest BCUT2D eigenvalue weighted by Crippen LogP contribution is -2.54. The molecule has 0 aliphatic heterocycles. The molecule has 0 amide bonds. The van der Waals surface area contributed by atoms with Crippen LogP contribution in [0.4, 0.5) is 0 Å². The SMILES string of the molecule is Cc1ccc(OC(C)CC(C)(NC(C)C)C(=O)O)cc1. The van der Waals surface area contributed by atoms with E-state index in [1.807, 2.05) is 52.0 Å². The van der Waals surface area contributed by atoms with Gasteiger partial charge in [-0.2, -0.15) is 0 Å². The van der Waals surface area contributed by atoms with Gasteiger partial charge in [-0.25, -0.2) is 0 Å². The average molecular weight is 279 g/mol. The van der Waals surface area contributed by atoms with E-state index in [1.54, 1.807) is 6.92 Å². The number of carboxylic acids is 1. The smallest absolute Gasteiger partial charge is 0.323 e. The molecule has 4 heteroatoms. The first kappa shape index (κ1) is 16.5. The Kier molecular flexibility index (Phi) is 5.57. The molecule has 0 saturated heterocycles. The molecule has 2 atom stereocenters. The number of nitrogens with one attached hydrogen (secondary N) is 1. The van der Waals surface area contributed by atoms with E-state index in [2.05, 4.69) is 5.32 Å². The van der Waals surface area contributed by atoms with E-state index >= 15 is 0 Å². The fourth-order valence-electron chi connectivity index (χ4n) is 2.31. The first-order valence-corrected chi connectivity index (χ1v) is 6.97. The number of carbonyl (C=O) groups is 1. The van der Waals surface area contributed by atoms with Crippen molar-refractivity contribution in [2.24, 2.45) is 0 Å². The summed E-state index contributed by atoms with van der Waals surface area (Å²) < 4.78 is 5.79. The van der Waals surface area contributed by atoms with Gasteiger partial charge in [-0.1, -0.05) is 17.7 Å². The average Bonchev–Trinajstić information content (AvgIpc) is 2.30. The first-order chi connectivity index (χ1) is 9.23. The molecule has 0 heterocycles. The third-order valence-electron chi connectivity index (χ3n) is 3.13. The predicted octanol–water partition coefficient (Wildman–Crippen LogP) is 2.99. The summed E-state index contributed by atoms with van der Waals surface area (Å²) in [5.74, 6) is -0.0917. The minimum Gasteiger partial charge on any atom is -0.491 e. The number of rotatable bonds is 7. The van der Waals surface area contributed by atoms with Crippen LogP contribution in [0, 0.1) is 6.92 Å². The molecule has 4 nitrogen and oxygen atoms in total. The van der Waals surface area contributed by atoms with Gasteiger partial charge in [0.15, 0.2) is 0 Å². The van der Waals surface area contributed by atoms with Crippen LogP contribution < -0.4 is 10.1 Å². The van der Waals surface area contributed by atoms with Crippen molar-refractivity contribution < 1.29 is 14.6 Å². The van der Waals surface area contributed by atoms with Crippen LogP contribution in [0.25, 0.3) is 0 Å². The van der Waals surface area contributed by atoms with Crippen molar-refractivity contribution in [3.63, 3.8) is 0 Å². The van der Waals surface area contributed by atoms with Crippen molar-refractivity contribution in [2.75, 3.05) is 0 Å². The molecular formula is C16H25NO3. The minimum absolute atomic E-state index is 0.0997.